The van der Waals surface area contributed by atoms with Crippen LogP contribution in [0.1, 0.15) is 16.8 Å². The first kappa shape index (κ1) is 14.8. The van der Waals surface area contributed by atoms with Gasteiger partial charge in [0, 0.05) is 19.1 Å². The third kappa shape index (κ3) is 3.85. The van der Waals surface area contributed by atoms with Gasteiger partial charge >= 0.3 is 5.97 Å². The Morgan fingerprint density at radius 2 is 2.11 bits per heavy atom. The summed E-state index contributed by atoms with van der Waals surface area (Å²) in [6.45, 7) is -0.369. The maximum Gasteiger partial charge on any atom is 0.326 e. The Balaban J connectivity index is 2.85. The minimum Gasteiger partial charge on any atom is -0.507 e. The van der Waals surface area contributed by atoms with Gasteiger partial charge in [-0.15, -0.1) is 0 Å². The van der Waals surface area contributed by atoms with Crippen molar-refractivity contribution in [1.29, 1.82) is 0 Å². The van der Waals surface area contributed by atoms with E-state index in [0.717, 1.165) is 0 Å². The number of ether oxygens (including phenoxy) is 1. The molecule has 0 bridgehead atoms. The molecule has 0 aromatic heterocycles. The summed E-state index contributed by atoms with van der Waals surface area (Å²) in [5.41, 5.74) is -0.0648. The highest BCUT2D eigenvalue weighted by molar-refractivity contribution is 5.99. The molecule has 0 fully saturated rings. The molecule has 1 aromatic carbocycles. The van der Waals surface area contributed by atoms with E-state index in [2.05, 4.69) is 5.32 Å². The van der Waals surface area contributed by atoms with E-state index in [0.29, 0.717) is 5.75 Å². The molecule has 104 valence electrons. The first-order valence-electron chi connectivity index (χ1n) is 5.51. The molecule has 7 heteroatoms. The number of carboxylic acid groups (broad SMARTS) is 1. The Bertz CT molecular complexity index is 473. The maximum absolute atomic E-state index is 11.8. The third-order valence-electron chi connectivity index (χ3n) is 2.47. The summed E-state index contributed by atoms with van der Waals surface area (Å²) in [5, 5.41) is 29.4. The Labute approximate surface area is 109 Å². The summed E-state index contributed by atoms with van der Waals surface area (Å²) in [4.78, 5) is 22.6. The summed E-state index contributed by atoms with van der Waals surface area (Å²) in [5.74, 6) is -1.93. The number of carbonyl (C=O) groups is 2. The monoisotopic (exact) mass is 269 g/mol. The van der Waals surface area contributed by atoms with E-state index in [4.69, 9.17) is 14.9 Å². The summed E-state index contributed by atoms with van der Waals surface area (Å²) in [7, 11) is 1.41. The zero-order valence-electron chi connectivity index (χ0n) is 10.3. The van der Waals surface area contributed by atoms with Crippen LogP contribution in [0.15, 0.2) is 18.2 Å². The molecule has 0 aliphatic heterocycles. The zero-order chi connectivity index (χ0) is 14.4. The number of aromatic hydroxyl groups is 1. The van der Waals surface area contributed by atoms with Crippen LogP contribution in [0.25, 0.3) is 0 Å². The Morgan fingerprint density at radius 1 is 1.42 bits per heavy atom. The number of hydrogen-bond donors (Lipinski definition) is 4. The predicted molar refractivity (Wildman–Crippen MR) is 65.3 cm³/mol. The molecule has 0 aliphatic rings. The van der Waals surface area contributed by atoms with Gasteiger partial charge in [-0.25, -0.2) is 4.79 Å². The molecule has 1 rings (SSSR count). The topological polar surface area (TPSA) is 116 Å². The Kier molecular flexibility index (Phi) is 5.13. The number of hydrogen-bond acceptors (Lipinski definition) is 5. The number of phenols is 1. The van der Waals surface area contributed by atoms with Crippen molar-refractivity contribution in [3.63, 3.8) is 0 Å². The molecule has 1 atom stereocenters. The van der Waals surface area contributed by atoms with Crippen molar-refractivity contribution in [2.24, 2.45) is 0 Å². The average Bonchev–Trinajstić information content (AvgIpc) is 2.37. The highest BCUT2D eigenvalue weighted by atomic mass is 16.5. The number of carboxylic acids is 1. The number of amides is 1. The quantitative estimate of drug-likeness (QED) is 0.576. The van der Waals surface area contributed by atoms with Gasteiger partial charge in [0.2, 0.25) is 0 Å². The summed E-state index contributed by atoms with van der Waals surface area (Å²) >= 11 is 0. The van der Waals surface area contributed by atoms with Gasteiger partial charge in [-0.1, -0.05) is 0 Å². The SMILES string of the molecule is COc1ccc(C(=O)N[C@@H](CCO)C(=O)O)c(O)c1. The second-order valence-corrected chi connectivity index (χ2v) is 3.76. The van der Waals surface area contributed by atoms with E-state index in [-0.39, 0.29) is 24.3 Å². The molecule has 0 radical (unpaired) electrons. The molecule has 7 nitrogen and oxygen atoms in total. The van der Waals surface area contributed by atoms with Crippen LogP contribution < -0.4 is 10.1 Å². The van der Waals surface area contributed by atoms with Crippen molar-refractivity contribution < 1.29 is 29.6 Å². The number of phenolic OH excluding ortho intramolecular Hbond substituents is 1. The van der Waals surface area contributed by atoms with Gasteiger partial charge in [-0.05, 0) is 12.1 Å². The lowest BCUT2D eigenvalue weighted by molar-refractivity contribution is -0.139. The molecule has 0 unspecified atom stereocenters. The third-order valence-corrected chi connectivity index (χ3v) is 2.47. The standard InChI is InChI=1S/C12H15NO6/c1-19-7-2-3-8(10(15)6-7)11(16)13-9(4-5-14)12(17)18/h2-3,6,9,14-15H,4-5H2,1H3,(H,13,16)(H,17,18)/t9-/m0/s1. The normalized spacial score (nSPS) is 11.7. The lowest BCUT2D eigenvalue weighted by Gasteiger charge is -2.14. The minimum atomic E-state index is -1.25. The van der Waals surface area contributed by atoms with Gasteiger partial charge in [0.15, 0.2) is 0 Å². The van der Waals surface area contributed by atoms with Gasteiger partial charge in [0.05, 0.1) is 12.7 Å². The number of methoxy groups -OCH3 is 1. The Morgan fingerprint density at radius 3 is 2.58 bits per heavy atom. The molecular weight excluding hydrogens is 254 g/mol. The molecule has 0 heterocycles. The molecule has 1 amide bonds. The molecule has 0 saturated heterocycles. The maximum atomic E-state index is 11.8. The van der Waals surface area contributed by atoms with Gasteiger partial charge in [0.25, 0.3) is 5.91 Å². The number of benzene rings is 1. The molecule has 1 aromatic rings. The lowest BCUT2D eigenvalue weighted by atomic mass is 10.1. The number of carbonyl (C=O) groups excluding carboxylic acids is 1. The van der Waals surface area contributed by atoms with Gasteiger partial charge < -0.3 is 25.4 Å². The number of aliphatic hydroxyl groups excluding tert-OH is 1. The van der Waals surface area contributed by atoms with E-state index >= 15 is 0 Å². The van der Waals surface area contributed by atoms with E-state index in [1.165, 1.54) is 25.3 Å². The average molecular weight is 269 g/mol. The van der Waals surface area contributed by atoms with E-state index in [1.54, 1.807) is 0 Å². The van der Waals surface area contributed by atoms with Crippen molar-refractivity contribution in [1.82, 2.24) is 5.32 Å². The summed E-state index contributed by atoms with van der Waals surface area (Å²) in [6.07, 6.45) is -0.113. The van der Waals surface area contributed by atoms with Crippen LogP contribution in [0, 0.1) is 0 Å². The van der Waals surface area contributed by atoms with Crippen molar-refractivity contribution >= 4 is 11.9 Å². The summed E-state index contributed by atoms with van der Waals surface area (Å²) in [6, 6.07) is 2.83. The fourth-order valence-electron chi connectivity index (χ4n) is 1.45. The Hall–Kier alpha value is -2.28. The number of aliphatic hydroxyl groups is 1. The van der Waals surface area contributed by atoms with Crippen LogP contribution in [0.5, 0.6) is 11.5 Å². The molecule has 0 aliphatic carbocycles. The predicted octanol–water partition coefficient (Wildman–Crippen LogP) is -0.0338. The van der Waals surface area contributed by atoms with Crippen LogP contribution in [0.4, 0.5) is 0 Å². The molecule has 19 heavy (non-hydrogen) atoms. The van der Waals surface area contributed by atoms with Crippen LogP contribution in [0.2, 0.25) is 0 Å². The lowest BCUT2D eigenvalue weighted by Crippen LogP contribution is -2.41. The number of aliphatic carboxylic acids is 1. The minimum absolute atomic E-state index is 0.0648. The first-order chi connectivity index (χ1) is 8.99. The number of rotatable bonds is 6. The largest absolute Gasteiger partial charge is 0.507 e. The van der Waals surface area contributed by atoms with Crippen LogP contribution in [-0.2, 0) is 4.79 Å². The summed E-state index contributed by atoms with van der Waals surface area (Å²) < 4.78 is 4.87. The molecular formula is C12H15NO6. The van der Waals surface area contributed by atoms with Crippen LogP contribution >= 0.6 is 0 Å². The second-order valence-electron chi connectivity index (χ2n) is 3.76. The van der Waals surface area contributed by atoms with E-state index in [9.17, 15) is 14.7 Å². The van der Waals surface area contributed by atoms with Crippen molar-refractivity contribution in [3.05, 3.63) is 23.8 Å². The van der Waals surface area contributed by atoms with Crippen molar-refractivity contribution in [2.45, 2.75) is 12.5 Å². The van der Waals surface area contributed by atoms with Gasteiger partial charge in [-0.2, -0.15) is 0 Å². The van der Waals surface area contributed by atoms with E-state index in [1.807, 2.05) is 0 Å². The van der Waals surface area contributed by atoms with Crippen LogP contribution in [0.3, 0.4) is 0 Å². The molecule has 0 spiro atoms. The number of nitrogens with one attached hydrogen (secondary N) is 1. The first-order valence-corrected chi connectivity index (χ1v) is 5.51. The fraction of sp³-hybridized carbons (Fsp3) is 0.333. The molecule has 4 N–H and O–H groups in total. The van der Waals surface area contributed by atoms with Crippen molar-refractivity contribution in [3.8, 4) is 11.5 Å². The second kappa shape index (κ2) is 6.60. The highest BCUT2D eigenvalue weighted by Gasteiger charge is 2.21. The van der Waals surface area contributed by atoms with Crippen LogP contribution in [-0.4, -0.2) is 47.0 Å². The van der Waals surface area contributed by atoms with Gasteiger partial charge in [0.1, 0.15) is 17.5 Å². The highest BCUT2D eigenvalue weighted by Crippen LogP contribution is 2.23. The van der Waals surface area contributed by atoms with Crippen molar-refractivity contribution in [2.75, 3.05) is 13.7 Å². The van der Waals surface area contributed by atoms with E-state index < -0.39 is 17.9 Å². The zero-order valence-corrected chi connectivity index (χ0v) is 10.3. The fourth-order valence-corrected chi connectivity index (χ4v) is 1.45. The smallest absolute Gasteiger partial charge is 0.326 e. The van der Waals surface area contributed by atoms with Gasteiger partial charge in [-0.3, -0.25) is 4.79 Å². The molecule has 0 saturated carbocycles.